The van der Waals surface area contributed by atoms with Gasteiger partial charge in [0.2, 0.25) is 0 Å². The van der Waals surface area contributed by atoms with Crippen LogP contribution in [0.25, 0.3) is 22.3 Å². The number of benzene rings is 3. The third-order valence-electron chi connectivity index (χ3n) is 6.22. The summed E-state index contributed by atoms with van der Waals surface area (Å²) < 4.78 is 67.9. The summed E-state index contributed by atoms with van der Waals surface area (Å²) in [7, 11) is 0. The summed E-state index contributed by atoms with van der Waals surface area (Å²) in [6.45, 7) is 2.19. The molecule has 0 N–H and O–H groups in total. The van der Waals surface area contributed by atoms with E-state index in [1.807, 2.05) is 6.07 Å². The highest BCUT2D eigenvalue weighted by atomic mass is 19.4. The topological polar surface area (TPSA) is 0 Å². The molecule has 0 fully saturated rings. The molecule has 0 amide bonds. The molecule has 0 saturated carbocycles. The minimum absolute atomic E-state index is 0.0968. The van der Waals surface area contributed by atoms with Gasteiger partial charge in [0, 0.05) is 17.5 Å². The van der Waals surface area contributed by atoms with Crippen LogP contribution < -0.4 is 0 Å². The van der Waals surface area contributed by atoms with Gasteiger partial charge in [-0.25, -0.2) is 8.78 Å². The van der Waals surface area contributed by atoms with E-state index in [2.05, 4.69) is 19.1 Å². The maximum atomic E-state index is 15.4. The van der Waals surface area contributed by atoms with Crippen LogP contribution in [0.3, 0.4) is 0 Å². The molecule has 4 rings (SSSR count). The normalized spacial score (nSPS) is 12.7. The van der Waals surface area contributed by atoms with Crippen LogP contribution in [0.5, 0.6) is 0 Å². The van der Waals surface area contributed by atoms with Crippen molar-refractivity contribution in [2.45, 2.75) is 58.0 Å². The number of hydrogen-bond acceptors (Lipinski definition) is 0. The second kappa shape index (κ2) is 9.05. The van der Waals surface area contributed by atoms with Crippen molar-refractivity contribution in [3.05, 3.63) is 82.4 Å². The first-order valence-corrected chi connectivity index (χ1v) is 11.1. The molecule has 0 saturated heterocycles. The molecule has 0 nitrogen and oxygen atoms in total. The predicted octanol–water partition coefficient (Wildman–Crippen LogP) is 8.73. The Balaban J connectivity index is 1.57. The molecule has 0 aromatic heterocycles. The Kier molecular flexibility index (Phi) is 6.36. The van der Waals surface area contributed by atoms with Crippen molar-refractivity contribution in [2.24, 2.45) is 0 Å². The van der Waals surface area contributed by atoms with E-state index in [0.717, 1.165) is 41.7 Å². The van der Waals surface area contributed by atoms with Crippen LogP contribution >= 0.6 is 0 Å². The molecule has 0 spiro atoms. The lowest BCUT2D eigenvalue weighted by atomic mass is 9.97. The summed E-state index contributed by atoms with van der Waals surface area (Å²) in [6.07, 6.45) is 2.67. The molecule has 0 bridgehead atoms. The summed E-state index contributed by atoms with van der Waals surface area (Å²) in [4.78, 5) is 0. The van der Waals surface area contributed by atoms with Gasteiger partial charge in [0.15, 0.2) is 0 Å². The SMILES string of the molecule is CCCCCCCc1ccc2c(c1)Cc1c-2ccc(-c2ccc(C(F)(F)F)c(F)c2)c1F. The third kappa shape index (κ3) is 4.43. The van der Waals surface area contributed by atoms with Gasteiger partial charge < -0.3 is 0 Å². The zero-order valence-corrected chi connectivity index (χ0v) is 18.0. The van der Waals surface area contributed by atoms with Crippen LogP contribution in [0.1, 0.15) is 61.3 Å². The average Bonchev–Trinajstić information content (AvgIpc) is 3.12. The van der Waals surface area contributed by atoms with Crippen LogP contribution in [0.15, 0.2) is 48.5 Å². The van der Waals surface area contributed by atoms with Crippen LogP contribution in [-0.4, -0.2) is 0 Å². The van der Waals surface area contributed by atoms with Crippen molar-refractivity contribution in [3.8, 4) is 22.3 Å². The van der Waals surface area contributed by atoms with Gasteiger partial charge in [-0.05, 0) is 52.8 Å². The molecule has 0 radical (unpaired) electrons. The molecular weight excluding hydrogens is 419 g/mol. The van der Waals surface area contributed by atoms with Gasteiger partial charge in [-0.3, -0.25) is 0 Å². The summed E-state index contributed by atoms with van der Waals surface area (Å²) in [5.41, 5.74) is 3.44. The van der Waals surface area contributed by atoms with Gasteiger partial charge in [-0.2, -0.15) is 13.2 Å². The molecule has 3 aromatic carbocycles. The fraction of sp³-hybridized carbons (Fsp3) is 0.333. The van der Waals surface area contributed by atoms with Crippen molar-refractivity contribution < 1.29 is 22.0 Å². The minimum Gasteiger partial charge on any atom is -0.206 e. The predicted molar refractivity (Wildman–Crippen MR) is 118 cm³/mol. The van der Waals surface area contributed by atoms with Gasteiger partial charge >= 0.3 is 6.18 Å². The fourth-order valence-electron chi connectivity index (χ4n) is 4.52. The smallest absolute Gasteiger partial charge is 0.206 e. The Morgan fingerprint density at radius 1 is 0.781 bits per heavy atom. The van der Waals surface area contributed by atoms with Gasteiger partial charge in [-0.1, -0.05) is 69.0 Å². The summed E-state index contributed by atoms with van der Waals surface area (Å²) in [6, 6.07) is 12.1. The third-order valence-corrected chi connectivity index (χ3v) is 6.22. The molecule has 5 heteroatoms. The van der Waals surface area contributed by atoms with Crippen molar-refractivity contribution >= 4 is 0 Å². The van der Waals surface area contributed by atoms with Crippen molar-refractivity contribution in [1.29, 1.82) is 0 Å². The first-order valence-electron chi connectivity index (χ1n) is 11.1. The molecule has 32 heavy (non-hydrogen) atoms. The highest BCUT2D eigenvalue weighted by molar-refractivity contribution is 5.81. The first kappa shape index (κ1) is 22.5. The molecule has 0 heterocycles. The van der Waals surface area contributed by atoms with Crippen LogP contribution in [0.2, 0.25) is 0 Å². The molecule has 0 atom stereocenters. The van der Waals surface area contributed by atoms with Crippen LogP contribution in [0.4, 0.5) is 22.0 Å². The molecule has 1 aliphatic carbocycles. The molecule has 3 aromatic rings. The number of fused-ring (bicyclic) bond motifs is 3. The Labute approximate surface area is 185 Å². The van der Waals surface area contributed by atoms with E-state index >= 15 is 4.39 Å². The number of aryl methyl sites for hydroxylation is 1. The Morgan fingerprint density at radius 2 is 1.50 bits per heavy atom. The van der Waals surface area contributed by atoms with Crippen molar-refractivity contribution in [1.82, 2.24) is 0 Å². The van der Waals surface area contributed by atoms with E-state index in [1.54, 1.807) is 6.07 Å². The Hall–Kier alpha value is -2.69. The van der Waals surface area contributed by atoms with Crippen LogP contribution in [0, 0.1) is 11.6 Å². The maximum Gasteiger partial charge on any atom is 0.419 e. The molecule has 0 unspecified atom stereocenters. The number of alkyl halides is 3. The van der Waals surface area contributed by atoms with E-state index in [1.165, 1.54) is 37.3 Å². The van der Waals surface area contributed by atoms with E-state index in [0.29, 0.717) is 18.1 Å². The zero-order valence-electron chi connectivity index (χ0n) is 18.0. The van der Waals surface area contributed by atoms with Gasteiger partial charge in [0.05, 0.1) is 5.56 Å². The zero-order chi connectivity index (χ0) is 22.9. The first-order chi connectivity index (χ1) is 15.3. The molecular formula is C27H25F5. The standard InChI is InChI=1S/C27H25F5/c1-2-3-4-5-6-7-17-8-10-20-19(14-17)15-23-22(20)12-11-21(26(23)29)18-9-13-24(25(28)16-18)27(30,31)32/h8-14,16H,2-7,15H2,1H3. The maximum absolute atomic E-state index is 15.4. The molecule has 0 aliphatic heterocycles. The van der Waals surface area contributed by atoms with E-state index in [9.17, 15) is 17.6 Å². The van der Waals surface area contributed by atoms with E-state index < -0.39 is 23.4 Å². The summed E-state index contributed by atoms with van der Waals surface area (Å²) >= 11 is 0. The van der Waals surface area contributed by atoms with Crippen LogP contribution in [-0.2, 0) is 19.0 Å². The summed E-state index contributed by atoms with van der Waals surface area (Å²) in [5, 5.41) is 0. The Morgan fingerprint density at radius 3 is 2.22 bits per heavy atom. The highest BCUT2D eigenvalue weighted by Gasteiger charge is 2.34. The van der Waals surface area contributed by atoms with E-state index in [-0.39, 0.29) is 11.1 Å². The molecule has 1 aliphatic rings. The quantitative estimate of drug-likeness (QED) is 0.197. The Bertz CT molecular complexity index is 1130. The summed E-state index contributed by atoms with van der Waals surface area (Å²) in [5.74, 6) is -1.90. The lowest BCUT2D eigenvalue weighted by Gasteiger charge is -2.12. The monoisotopic (exact) mass is 444 g/mol. The van der Waals surface area contributed by atoms with Crippen molar-refractivity contribution in [2.75, 3.05) is 0 Å². The number of halogens is 5. The van der Waals surface area contributed by atoms with E-state index in [4.69, 9.17) is 0 Å². The number of rotatable bonds is 7. The second-order valence-corrected chi connectivity index (χ2v) is 8.48. The fourth-order valence-corrected chi connectivity index (χ4v) is 4.52. The lowest BCUT2D eigenvalue weighted by molar-refractivity contribution is -0.139. The van der Waals surface area contributed by atoms with Gasteiger partial charge in [0.25, 0.3) is 0 Å². The second-order valence-electron chi connectivity index (χ2n) is 8.48. The molecule has 168 valence electrons. The highest BCUT2D eigenvalue weighted by Crippen LogP contribution is 2.42. The number of unbranched alkanes of at least 4 members (excludes halogenated alkanes) is 4. The van der Waals surface area contributed by atoms with Crippen molar-refractivity contribution in [3.63, 3.8) is 0 Å². The average molecular weight is 444 g/mol. The van der Waals surface area contributed by atoms with Gasteiger partial charge in [0.1, 0.15) is 11.6 Å². The number of hydrogen-bond donors (Lipinski definition) is 0. The largest absolute Gasteiger partial charge is 0.419 e. The minimum atomic E-state index is -4.78. The lowest BCUT2D eigenvalue weighted by Crippen LogP contribution is -2.08. The van der Waals surface area contributed by atoms with Gasteiger partial charge in [-0.15, -0.1) is 0 Å².